The van der Waals surface area contributed by atoms with Gasteiger partial charge in [0.2, 0.25) is 5.95 Å². The molecule has 0 amide bonds. The molecule has 1 aromatic carbocycles. The summed E-state index contributed by atoms with van der Waals surface area (Å²) in [6.07, 6.45) is 11.3. The van der Waals surface area contributed by atoms with Gasteiger partial charge in [0.25, 0.3) is 0 Å². The van der Waals surface area contributed by atoms with E-state index in [2.05, 4.69) is 38.9 Å². The third-order valence-corrected chi connectivity index (χ3v) is 7.70. The number of nitrogens with zero attached hydrogens (tertiary/aromatic N) is 4. The largest absolute Gasteiger partial charge is 0.497 e. The molecule has 0 unspecified atom stereocenters. The molecule has 4 aliphatic carbocycles. The molecule has 2 aromatic rings. The normalized spacial score (nSPS) is 30.0. The van der Waals surface area contributed by atoms with Crippen LogP contribution in [0.2, 0.25) is 0 Å². The van der Waals surface area contributed by atoms with Gasteiger partial charge < -0.3 is 9.64 Å². The minimum Gasteiger partial charge on any atom is -0.497 e. The van der Waals surface area contributed by atoms with E-state index in [0.717, 1.165) is 73.2 Å². The van der Waals surface area contributed by atoms with E-state index in [-0.39, 0.29) is 0 Å². The number of allylic oxidation sites excluding steroid dienone is 2. The van der Waals surface area contributed by atoms with Gasteiger partial charge in [0.1, 0.15) is 11.6 Å². The van der Waals surface area contributed by atoms with E-state index in [1.54, 1.807) is 7.11 Å². The van der Waals surface area contributed by atoms with Crippen molar-refractivity contribution in [2.45, 2.75) is 38.6 Å². The minimum absolute atomic E-state index is 0.786. The molecule has 0 radical (unpaired) electrons. The van der Waals surface area contributed by atoms with Crippen molar-refractivity contribution in [3.63, 3.8) is 0 Å². The third kappa shape index (κ3) is 3.15. The van der Waals surface area contributed by atoms with E-state index in [1.807, 2.05) is 12.1 Å². The van der Waals surface area contributed by atoms with Gasteiger partial charge in [-0.3, -0.25) is 4.57 Å². The SMILES string of the molecule is COc1ccc(Cc2nnc(N3C[C@@H]4[C@H](C3)[C@H]3C=C[C@@H]4CC3)n2CC2CC2)cc1. The first kappa shape index (κ1) is 17.5. The van der Waals surface area contributed by atoms with Crippen molar-refractivity contribution in [2.24, 2.45) is 29.6 Å². The average molecular weight is 391 g/mol. The lowest BCUT2D eigenvalue weighted by Crippen LogP contribution is -2.35. The van der Waals surface area contributed by atoms with Crippen molar-refractivity contribution in [1.29, 1.82) is 0 Å². The Morgan fingerprint density at radius 3 is 2.21 bits per heavy atom. The summed E-state index contributed by atoms with van der Waals surface area (Å²) in [5, 5.41) is 9.41. The zero-order chi connectivity index (χ0) is 19.4. The molecule has 2 heterocycles. The molecule has 1 aliphatic heterocycles. The van der Waals surface area contributed by atoms with Gasteiger partial charge in [-0.25, -0.2) is 0 Å². The van der Waals surface area contributed by atoms with E-state index in [0.29, 0.717) is 0 Å². The molecule has 152 valence electrons. The van der Waals surface area contributed by atoms with Crippen molar-refractivity contribution in [2.75, 3.05) is 25.1 Å². The van der Waals surface area contributed by atoms with Crippen molar-refractivity contribution < 1.29 is 4.74 Å². The molecule has 1 aromatic heterocycles. The Bertz CT molecular complexity index is 891. The predicted molar refractivity (Wildman–Crippen MR) is 113 cm³/mol. The Morgan fingerprint density at radius 1 is 0.931 bits per heavy atom. The van der Waals surface area contributed by atoms with Gasteiger partial charge in [0.05, 0.1) is 7.11 Å². The van der Waals surface area contributed by atoms with E-state index in [4.69, 9.17) is 9.84 Å². The third-order valence-electron chi connectivity index (χ3n) is 7.70. The van der Waals surface area contributed by atoms with Crippen molar-refractivity contribution in [3.8, 4) is 5.75 Å². The number of hydrogen-bond acceptors (Lipinski definition) is 4. The van der Waals surface area contributed by atoms with Crippen LogP contribution >= 0.6 is 0 Å². The molecule has 29 heavy (non-hydrogen) atoms. The van der Waals surface area contributed by atoms with Crippen LogP contribution in [0.4, 0.5) is 5.95 Å². The maximum absolute atomic E-state index is 5.30. The Kier molecular flexibility index (Phi) is 4.17. The van der Waals surface area contributed by atoms with Crippen LogP contribution in [-0.4, -0.2) is 35.0 Å². The Morgan fingerprint density at radius 2 is 1.62 bits per heavy atom. The maximum Gasteiger partial charge on any atom is 0.227 e. The van der Waals surface area contributed by atoms with Crippen LogP contribution in [-0.2, 0) is 13.0 Å². The Balaban J connectivity index is 1.26. The van der Waals surface area contributed by atoms with Gasteiger partial charge in [-0.15, -0.1) is 10.2 Å². The zero-order valence-electron chi connectivity index (χ0n) is 17.2. The molecular weight excluding hydrogens is 360 g/mol. The number of hydrogen-bond donors (Lipinski definition) is 0. The van der Waals surface area contributed by atoms with Gasteiger partial charge >= 0.3 is 0 Å². The summed E-state index contributed by atoms with van der Waals surface area (Å²) in [6, 6.07) is 8.35. The maximum atomic E-state index is 5.30. The van der Waals surface area contributed by atoms with Gasteiger partial charge in [-0.05, 0) is 73.0 Å². The van der Waals surface area contributed by atoms with Crippen molar-refractivity contribution in [3.05, 3.63) is 47.8 Å². The van der Waals surface area contributed by atoms with Gasteiger partial charge in [-0.1, -0.05) is 24.3 Å². The highest BCUT2D eigenvalue weighted by Gasteiger charge is 2.47. The van der Waals surface area contributed by atoms with Crippen molar-refractivity contribution >= 4 is 5.95 Å². The Hall–Kier alpha value is -2.30. The zero-order valence-corrected chi connectivity index (χ0v) is 17.2. The average Bonchev–Trinajstić information content (AvgIpc) is 3.31. The Labute approximate surface area is 172 Å². The predicted octanol–water partition coefficient (Wildman–Crippen LogP) is 3.94. The van der Waals surface area contributed by atoms with Crippen LogP contribution in [0.15, 0.2) is 36.4 Å². The number of rotatable bonds is 6. The topological polar surface area (TPSA) is 43.2 Å². The van der Waals surface area contributed by atoms with Crippen molar-refractivity contribution in [1.82, 2.24) is 14.8 Å². The minimum atomic E-state index is 0.786. The van der Waals surface area contributed by atoms with E-state index in [1.165, 1.54) is 31.2 Å². The van der Waals surface area contributed by atoms with Crippen LogP contribution in [0, 0.1) is 29.6 Å². The fourth-order valence-corrected chi connectivity index (χ4v) is 5.86. The van der Waals surface area contributed by atoms with E-state index >= 15 is 0 Å². The lowest BCUT2D eigenvalue weighted by atomic mass is 9.64. The molecule has 5 heteroatoms. The lowest BCUT2D eigenvalue weighted by Gasteiger charge is -2.40. The molecule has 0 N–H and O–H groups in total. The second-order valence-corrected chi connectivity index (χ2v) is 9.52. The number of fused-ring (bicyclic) bond motifs is 1. The summed E-state index contributed by atoms with van der Waals surface area (Å²) >= 11 is 0. The molecule has 4 atom stereocenters. The number of aromatic nitrogens is 3. The van der Waals surface area contributed by atoms with Crippen LogP contribution in [0.1, 0.15) is 37.1 Å². The first-order valence-corrected chi connectivity index (χ1v) is 11.3. The smallest absolute Gasteiger partial charge is 0.227 e. The fraction of sp³-hybridized carbons (Fsp3) is 0.583. The second kappa shape index (κ2) is 6.89. The molecule has 2 saturated carbocycles. The summed E-state index contributed by atoms with van der Waals surface area (Å²) in [5.41, 5.74) is 1.26. The van der Waals surface area contributed by atoms with E-state index in [9.17, 15) is 0 Å². The molecule has 1 saturated heterocycles. The molecule has 3 fully saturated rings. The highest BCUT2D eigenvalue weighted by Crippen LogP contribution is 2.49. The summed E-state index contributed by atoms with van der Waals surface area (Å²) in [7, 11) is 1.71. The summed E-state index contributed by atoms with van der Waals surface area (Å²) in [6.45, 7) is 3.38. The standard InChI is InChI=1S/C24H30N4O/c1-29-20-10-4-16(5-11-20)12-23-25-26-24(28(23)13-17-2-3-17)27-14-21-18-6-7-19(9-8-18)22(21)15-27/h4-7,10-11,17-19,21-22H,2-3,8-9,12-15H2,1H3/t18-,19+,21+,22-. The number of ether oxygens (including phenoxy) is 1. The van der Waals surface area contributed by atoms with E-state index < -0.39 is 0 Å². The molecule has 7 rings (SSSR count). The molecule has 5 nitrogen and oxygen atoms in total. The number of methoxy groups -OCH3 is 1. The first-order valence-electron chi connectivity index (χ1n) is 11.3. The monoisotopic (exact) mass is 390 g/mol. The van der Waals surface area contributed by atoms with Gasteiger partial charge in [0.15, 0.2) is 0 Å². The van der Waals surface area contributed by atoms with Gasteiger partial charge in [0, 0.05) is 26.1 Å². The lowest BCUT2D eigenvalue weighted by molar-refractivity contribution is 0.169. The van der Waals surface area contributed by atoms with Crippen LogP contribution in [0.5, 0.6) is 5.75 Å². The van der Waals surface area contributed by atoms with Crippen LogP contribution in [0.3, 0.4) is 0 Å². The molecule has 2 bridgehead atoms. The highest BCUT2D eigenvalue weighted by atomic mass is 16.5. The number of benzene rings is 1. The molecular formula is C24H30N4O. The van der Waals surface area contributed by atoms with Gasteiger partial charge in [-0.2, -0.15) is 0 Å². The molecule has 0 spiro atoms. The van der Waals surface area contributed by atoms with Crippen LogP contribution in [0.25, 0.3) is 0 Å². The fourth-order valence-electron chi connectivity index (χ4n) is 5.86. The first-order chi connectivity index (χ1) is 14.3. The summed E-state index contributed by atoms with van der Waals surface area (Å²) < 4.78 is 7.74. The molecule has 5 aliphatic rings. The second-order valence-electron chi connectivity index (χ2n) is 9.52. The highest BCUT2D eigenvalue weighted by molar-refractivity contribution is 5.37. The van der Waals surface area contributed by atoms with Crippen LogP contribution < -0.4 is 9.64 Å². The summed E-state index contributed by atoms with van der Waals surface area (Å²) in [4.78, 5) is 2.56. The number of anilines is 1. The summed E-state index contributed by atoms with van der Waals surface area (Å²) in [5.74, 6) is 7.13. The quantitative estimate of drug-likeness (QED) is 0.701.